The second kappa shape index (κ2) is 9.88. The average molecular weight is 366 g/mol. The van der Waals surface area contributed by atoms with E-state index in [9.17, 15) is 19.8 Å². The highest BCUT2D eigenvalue weighted by molar-refractivity contribution is 5.98. The second-order valence-corrected chi connectivity index (χ2v) is 7.23. The molecule has 6 heteroatoms. The average Bonchev–Trinajstić information content (AvgIpc) is 3.05. The normalized spacial score (nSPS) is 30.7. The molecule has 0 bridgehead atoms. The number of fused-ring (bicyclic) bond motifs is 1. The SMILES string of the molecule is CCCCC[C@H](O)/C=C/[C@H]1[C@H](O)CC2O/C(=C\CCCC(=O)O)C(=O)[C@@H]21. The number of aliphatic hydroxyl groups excluding tert-OH is 2. The number of ether oxygens (including phenoxy) is 1. The number of carboxylic acids is 1. The molecule has 2 rings (SSSR count). The van der Waals surface area contributed by atoms with E-state index in [0.29, 0.717) is 31.4 Å². The topological polar surface area (TPSA) is 104 Å². The summed E-state index contributed by atoms with van der Waals surface area (Å²) in [7, 11) is 0. The Balaban J connectivity index is 1.93. The monoisotopic (exact) mass is 366 g/mol. The first-order valence-electron chi connectivity index (χ1n) is 9.61. The van der Waals surface area contributed by atoms with Crippen LogP contribution in [-0.4, -0.2) is 45.4 Å². The summed E-state index contributed by atoms with van der Waals surface area (Å²) in [4.78, 5) is 23.1. The molecule has 0 aromatic rings. The lowest BCUT2D eigenvalue weighted by atomic mass is 9.89. The van der Waals surface area contributed by atoms with Crippen LogP contribution in [-0.2, 0) is 14.3 Å². The number of carbonyl (C=O) groups is 2. The third-order valence-electron chi connectivity index (χ3n) is 5.14. The van der Waals surface area contributed by atoms with E-state index in [-0.39, 0.29) is 24.2 Å². The Labute approximate surface area is 154 Å². The van der Waals surface area contributed by atoms with Crippen LogP contribution < -0.4 is 0 Å². The quantitative estimate of drug-likeness (QED) is 0.312. The van der Waals surface area contributed by atoms with Gasteiger partial charge in [-0.2, -0.15) is 0 Å². The highest BCUT2D eigenvalue weighted by Gasteiger charge is 2.52. The largest absolute Gasteiger partial charge is 0.486 e. The van der Waals surface area contributed by atoms with Gasteiger partial charge in [0.25, 0.3) is 0 Å². The molecule has 0 amide bonds. The summed E-state index contributed by atoms with van der Waals surface area (Å²) in [5, 5.41) is 28.9. The third-order valence-corrected chi connectivity index (χ3v) is 5.14. The van der Waals surface area contributed by atoms with Crippen molar-refractivity contribution >= 4 is 11.8 Å². The molecule has 26 heavy (non-hydrogen) atoms. The fourth-order valence-electron chi connectivity index (χ4n) is 3.72. The molecule has 1 aliphatic carbocycles. The number of carboxylic acid groups (broad SMARTS) is 1. The smallest absolute Gasteiger partial charge is 0.303 e. The maximum Gasteiger partial charge on any atom is 0.303 e. The van der Waals surface area contributed by atoms with Crippen molar-refractivity contribution in [3.8, 4) is 0 Å². The Morgan fingerprint density at radius 1 is 1.35 bits per heavy atom. The van der Waals surface area contributed by atoms with Crippen LogP contribution in [0.15, 0.2) is 24.0 Å². The Bertz CT molecular complexity index is 553. The van der Waals surface area contributed by atoms with Crippen molar-refractivity contribution in [1.29, 1.82) is 0 Å². The first kappa shape index (κ1) is 20.6. The van der Waals surface area contributed by atoms with Crippen molar-refractivity contribution in [3.05, 3.63) is 24.0 Å². The van der Waals surface area contributed by atoms with Gasteiger partial charge in [0.2, 0.25) is 5.78 Å². The fraction of sp³-hybridized carbons (Fsp3) is 0.700. The summed E-state index contributed by atoms with van der Waals surface area (Å²) in [5.41, 5.74) is 0. The zero-order chi connectivity index (χ0) is 19.1. The summed E-state index contributed by atoms with van der Waals surface area (Å²) in [6.07, 6.45) is 8.76. The maximum absolute atomic E-state index is 12.6. The van der Waals surface area contributed by atoms with Crippen LogP contribution in [0.4, 0.5) is 0 Å². The molecule has 6 nitrogen and oxygen atoms in total. The van der Waals surface area contributed by atoms with Crippen LogP contribution in [0.3, 0.4) is 0 Å². The van der Waals surface area contributed by atoms with Crippen molar-refractivity contribution in [1.82, 2.24) is 0 Å². The highest BCUT2D eigenvalue weighted by Crippen LogP contribution is 2.43. The first-order valence-corrected chi connectivity index (χ1v) is 9.61. The van der Waals surface area contributed by atoms with Crippen LogP contribution in [0, 0.1) is 11.8 Å². The number of ketones is 1. The number of hydrogen-bond donors (Lipinski definition) is 3. The van der Waals surface area contributed by atoms with Gasteiger partial charge in [-0.3, -0.25) is 9.59 Å². The Hall–Kier alpha value is -1.66. The van der Waals surface area contributed by atoms with E-state index in [2.05, 4.69) is 6.92 Å². The van der Waals surface area contributed by atoms with E-state index in [1.807, 2.05) is 0 Å². The fourth-order valence-corrected chi connectivity index (χ4v) is 3.72. The van der Waals surface area contributed by atoms with E-state index in [1.54, 1.807) is 18.2 Å². The number of unbranched alkanes of at least 4 members (excludes halogenated alkanes) is 3. The van der Waals surface area contributed by atoms with Crippen LogP contribution in [0.2, 0.25) is 0 Å². The van der Waals surface area contributed by atoms with E-state index in [4.69, 9.17) is 9.84 Å². The zero-order valence-corrected chi connectivity index (χ0v) is 15.3. The Morgan fingerprint density at radius 3 is 2.81 bits per heavy atom. The molecular formula is C20H30O6. The molecular weight excluding hydrogens is 336 g/mol. The summed E-state index contributed by atoms with van der Waals surface area (Å²) in [5.74, 6) is -1.46. The van der Waals surface area contributed by atoms with Crippen molar-refractivity contribution in [2.24, 2.45) is 11.8 Å². The Morgan fingerprint density at radius 2 is 2.12 bits per heavy atom. The minimum atomic E-state index is -0.857. The number of allylic oxidation sites excluding steroid dienone is 2. The van der Waals surface area contributed by atoms with E-state index < -0.39 is 24.1 Å². The molecule has 1 saturated heterocycles. The van der Waals surface area contributed by atoms with Crippen molar-refractivity contribution < 1.29 is 29.6 Å². The summed E-state index contributed by atoms with van der Waals surface area (Å²) < 4.78 is 5.70. The molecule has 1 saturated carbocycles. The van der Waals surface area contributed by atoms with Gasteiger partial charge in [-0.15, -0.1) is 0 Å². The van der Waals surface area contributed by atoms with Gasteiger partial charge < -0.3 is 20.1 Å². The van der Waals surface area contributed by atoms with E-state index in [1.165, 1.54) is 0 Å². The van der Waals surface area contributed by atoms with Gasteiger partial charge in [0.15, 0.2) is 5.76 Å². The van der Waals surface area contributed by atoms with Gasteiger partial charge in [-0.25, -0.2) is 0 Å². The third kappa shape index (κ3) is 5.42. The molecule has 0 spiro atoms. The molecule has 3 N–H and O–H groups in total. The number of hydrogen-bond acceptors (Lipinski definition) is 5. The van der Waals surface area contributed by atoms with E-state index >= 15 is 0 Å². The van der Waals surface area contributed by atoms with E-state index in [0.717, 1.165) is 19.3 Å². The molecule has 1 aliphatic heterocycles. The molecule has 146 valence electrons. The molecule has 2 fully saturated rings. The van der Waals surface area contributed by atoms with Gasteiger partial charge in [0.05, 0.1) is 18.1 Å². The van der Waals surface area contributed by atoms with Gasteiger partial charge in [-0.05, 0) is 25.3 Å². The van der Waals surface area contributed by atoms with Crippen LogP contribution in [0.5, 0.6) is 0 Å². The summed E-state index contributed by atoms with van der Waals surface area (Å²) in [6, 6.07) is 0. The molecule has 1 heterocycles. The van der Waals surface area contributed by atoms with Gasteiger partial charge in [-0.1, -0.05) is 38.3 Å². The van der Waals surface area contributed by atoms with Crippen molar-refractivity contribution in [2.45, 2.75) is 76.6 Å². The predicted molar refractivity (Wildman–Crippen MR) is 96.3 cm³/mol. The van der Waals surface area contributed by atoms with Crippen LogP contribution >= 0.6 is 0 Å². The van der Waals surface area contributed by atoms with Gasteiger partial charge >= 0.3 is 5.97 Å². The van der Waals surface area contributed by atoms with Crippen LogP contribution in [0.1, 0.15) is 58.3 Å². The lowest BCUT2D eigenvalue weighted by Crippen LogP contribution is -2.24. The number of carbonyl (C=O) groups excluding carboxylic acids is 1. The number of aliphatic hydroxyl groups is 2. The molecule has 0 aromatic heterocycles. The minimum Gasteiger partial charge on any atom is -0.486 e. The standard InChI is InChI=1S/C20H30O6/c1-2-3-4-7-13(21)10-11-14-15(22)12-17-19(14)20(25)16(26-17)8-5-6-9-18(23)24/h8,10-11,13-15,17,19,21-22H,2-7,9,12H2,1H3,(H,23,24)/b11-10+,16-8-/t13-,14-,15+,17?,19+/m0/s1. The zero-order valence-electron chi connectivity index (χ0n) is 15.3. The number of rotatable bonds is 10. The molecule has 2 aliphatic rings. The van der Waals surface area contributed by atoms with Crippen molar-refractivity contribution in [3.63, 3.8) is 0 Å². The predicted octanol–water partition coefficient (Wildman–Crippen LogP) is 2.59. The molecule has 0 aromatic carbocycles. The number of aliphatic carboxylic acids is 1. The van der Waals surface area contributed by atoms with Crippen molar-refractivity contribution in [2.75, 3.05) is 0 Å². The highest BCUT2D eigenvalue weighted by atomic mass is 16.5. The maximum atomic E-state index is 12.6. The summed E-state index contributed by atoms with van der Waals surface area (Å²) >= 11 is 0. The van der Waals surface area contributed by atoms with Crippen LogP contribution in [0.25, 0.3) is 0 Å². The molecule has 5 atom stereocenters. The second-order valence-electron chi connectivity index (χ2n) is 7.23. The Kier molecular flexibility index (Phi) is 7.85. The van der Waals surface area contributed by atoms with Gasteiger partial charge in [0.1, 0.15) is 6.10 Å². The first-order chi connectivity index (χ1) is 12.4. The lowest BCUT2D eigenvalue weighted by molar-refractivity contribution is -0.137. The molecule has 1 unspecified atom stereocenters. The van der Waals surface area contributed by atoms with Gasteiger partial charge in [0, 0.05) is 18.8 Å². The number of Topliss-reactive ketones (excluding diaryl/α,β-unsaturated/α-hetero) is 1. The molecule has 0 radical (unpaired) electrons. The minimum absolute atomic E-state index is 0.0603. The lowest BCUT2D eigenvalue weighted by Gasteiger charge is -2.15. The summed E-state index contributed by atoms with van der Waals surface area (Å²) in [6.45, 7) is 2.11.